The molecule has 0 unspecified atom stereocenters. The smallest absolute Gasteiger partial charge is 0.272 e. The van der Waals surface area contributed by atoms with Crippen LogP contribution in [0.15, 0.2) is 60.8 Å². The molecular weight excluding hydrogens is 356 g/mol. The van der Waals surface area contributed by atoms with Gasteiger partial charge in [0.15, 0.2) is 11.5 Å². The van der Waals surface area contributed by atoms with Gasteiger partial charge in [0.05, 0.1) is 14.2 Å². The molecule has 0 saturated heterocycles. The van der Waals surface area contributed by atoms with Gasteiger partial charge in [0, 0.05) is 31.5 Å². The van der Waals surface area contributed by atoms with Crippen LogP contribution in [0.25, 0.3) is 0 Å². The molecule has 28 heavy (non-hydrogen) atoms. The minimum Gasteiger partial charge on any atom is -0.493 e. The lowest BCUT2D eigenvalue weighted by Crippen LogP contribution is -2.27. The van der Waals surface area contributed by atoms with Gasteiger partial charge < -0.3 is 19.7 Å². The Morgan fingerprint density at radius 2 is 1.79 bits per heavy atom. The summed E-state index contributed by atoms with van der Waals surface area (Å²) in [6.07, 6.45) is 1.56. The first kappa shape index (κ1) is 19.2. The lowest BCUT2D eigenvalue weighted by molar-refractivity contribution is 0.0779. The van der Waals surface area contributed by atoms with Crippen molar-refractivity contribution < 1.29 is 14.3 Å². The van der Waals surface area contributed by atoms with Crippen LogP contribution in [0, 0.1) is 0 Å². The summed E-state index contributed by atoms with van der Waals surface area (Å²) in [6, 6.07) is 16.8. The molecule has 0 aliphatic carbocycles. The van der Waals surface area contributed by atoms with Crippen LogP contribution in [0.2, 0.25) is 0 Å². The number of aromatic nitrogens is 2. The molecule has 0 fully saturated rings. The van der Waals surface area contributed by atoms with Gasteiger partial charge in [-0.3, -0.25) is 4.79 Å². The van der Waals surface area contributed by atoms with E-state index in [1.54, 1.807) is 50.6 Å². The van der Waals surface area contributed by atoms with Crippen LogP contribution >= 0.6 is 0 Å². The Morgan fingerprint density at radius 1 is 1.04 bits per heavy atom. The van der Waals surface area contributed by atoms with Crippen LogP contribution in [0.4, 0.5) is 11.6 Å². The summed E-state index contributed by atoms with van der Waals surface area (Å²) in [5.41, 5.74) is 2.09. The van der Waals surface area contributed by atoms with E-state index in [0.29, 0.717) is 29.7 Å². The quantitative estimate of drug-likeness (QED) is 0.678. The Hall–Kier alpha value is -3.61. The standard InChI is InChI=1S/C21H22N4O3/c1-25(14-15-7-5-4-6-8-15)20(26)17-11-12-22-21(24-17)23-16-9-10-18(27-2)19(13-16)28-3/h4-13H,14H2,1-3H3,(H,22,23,24). The highest BCUT2D eigenvalue weighted by Crippen LogP contribution is 2.30. The van der Waals surface area contributed by atoms with E-state index in [1.165, 1.54) is 0 Å². The molecule has 1 heterocycles. The lowest BCUT2D eigenvalue weighted by Gasteiger charge is -2.17. The Labute approximate surface area is 164 Å². The zero-order valence-corrected chi connectivity index (χ0v) is 16.0. The number of rotatable bonds is 7. The molecule has 1 N–H and O–H groups in total. The highest BCUT2D eigenvalue weighted by Gasteiger charge is 2.15. The van der Waals surface area contributed by atoms with E-state index in [-0.39, 0.29) is 5.91 Å². The van der Waals surface area contributed by atoms with E-state index < -0.39 is 0 Å². The van der Waals surface area contributed by atoms with Gasteiger partial charge in [-0.05, 0) is 23.8 Å². The van der Waals surface area contributed by atoms with Crippen molar-refractivity contribution in [2.24, 2.45) is 0 Å². The Kier molecular flexibility index (Phi) is 6.06. The zero-order chi connectivity index (χ0) is 19.9. The number of nitrogens with zero attached hydrogens (tertiary/aromatic N) is 3. The third-order valence-electron chi connectivity index (χ3n) is 4.12. The van der Waals surface area contributed by atoms with Crippen molar-refractivity contribution in [3.05, 3.63) is 72.1 Å². The van der Waals surface area contributed by atoms with E-state index in [4.69, 9.17) is 9.47 Å². The van der Waals surface area contributed by atoms with Gasteiger partial charge in [-0.2, -0.15) is 0 Å². The van der Waals surface area contributed by atoms with E-state index in [1.807, 2.05) is 36.4 Å². The van der Waals surface area contributed by atoms with E-state index >= 15 is 0 Å². The molecule has 3 rings (SSSR count). The molecule has 0 radical (unpaired) electrons. The number of ether oxygens (including phenoxy) is 2. The molecule has 0 aliphatic rings. The molecule has 0 saturated carbocycles. The van der Waals surface area contributed by atoms with Crippen LogP contribution in [0.5, 0.6) is 11.5 Å². The first-order valence-electron chi connectivity index (χ1n) is 8.72. The molecule has 7 heteroatoms. The Bertz CT molecular complexity index is 947. The second-order valence-corrected chi connectivity index (χ2v) is 6.11. The Balaban J connectivity index is 1.74. The van der Waals surface area contributed by atoms with E-state index in [9.17, 15) is 4.79 Å². The number of hydrogen-bond acceptors (Lipinski definition) is 6. The predicted octanol–water partition coefficient (Wildman–Crippen LogP) is 3.51. The summed E-state index contributed by atoms with van der Waals surface area (Å²) in [4.78, 5) is 22.9. The molecule has 0 aliphatic heterocycles. The highest BCUT2D eigenvalue weighted by molar-refractivity contribution is 5.92. The third kappa shape index (κ3) is 4.56. The normalized spacial score (nSPS) is 10.2. The second-order valence-electron chi connectivity index (χ2n) is 6.11. The first-order valence-corrected chi connectivity index (χ1v) is 8.72. The lowest BCUT2D eigenvalue weighted by atomic mass is 10.2. The van der Waals surface area contributed by atoms with E-state index in [0.717, 1.165) is 11.3 Å². The zero-order valence-electron chi connectivity index (χ0n) is 16.0. The topological polar surface area (TPSA) is 76.6 Å². The Morgan fingerprint density at radius 3 is 2.50 bits per heavy atom. The molecular formula is C21H22N4O3. The summed E-state index contributed by atoms with van der Waals surface area (Å²) < 4.78 is 10.5. The number of nitrogens with one attached hydrogen (secondary N) is 1. The van der Waals surface area contributed by atoms with Crippen LogP contribution in [-0.4, -0.2) is 42.0 Å². The SMILES string of the molecule is COc1ccc(Nc2nccc(C(=O)N(C)Cc3ccccc3)n2)cc1OC. The van der Waals surface area contributed by atoms with Crippen molar-refractivity contribution in [2.75, 3.05) is 26.6 Å². The van der Waals surface area contributed by atoms with Crippen molar-refractivity contribution in [2.45, 2.75) is 6.54 Å². The van der Waals surface area contributed by atoms with Crippen LogP contribution in [0.3, 0.4) is 0 Å². The maximum atomic E-state index is 12.7. The predicted molar refractivity (Wildman–Crippen MR) is 107 cm³/mol. The average molecular weight is 378 g/mol. The van der Waals surface area contributed by atoms with Crippen LogP contribution < -0.4 is 14.8 Å². The summed E-state index contributed by atoms with van der Waals surface area (Å²) in [6.45, 7) is 0.502. The van der Waals surface area contributed by atoms with Crippen LogP contribution in [-0.2, 0) is 6.54 Å². The summed E-state index contributed by atoms with van der Waals surface area (Å²) in [7, 11) is 4.90. The van der Waals surface area contributed by atoms with Gasteiger partial charge in [-0.15, -0.1) is 0 Å². The van der Waals surface area contributed by atoms with Crippen molar-refractivity contribution in [1.29, 1.82) is 0 Å². The number of methoxy groups -OCH3 is 2. The fourth-order valence-corrected chi connectivity index (χ4v) is 2.71. The number of amides is 1. The molecule has 3 aromatic rings. The maximum Gasteiger partial charge on any atom is 0.272 e. The number of carbonyl (C=O) groups excluding carboxylic acids is 1. The minimum absolute atomic E-state index is 0.179. The monoisotopic (exact) mass is 378 g/mol. The van der Waals surface area contributed by atoms with Gasteiger partial charge in [-0.25, -0.2) is 9.97 Å². The minimum atomic E-state index is -0.179. The second kappa shape index (κ2) is 8.85. The fourth-order valence-electron chi connectivity index (χ4n) is 2.71. The molecule has 0 spiro atoms. The van der Waals surface area contributed by atoms with E-state index in [2.05, 4.69) is 15.3 Å². The number of anilines is 2. The van der Waals surface area contributed by atoms with Gasteiger partial charge in [0.1, 0.15) is 5.69 Å². The molecule has 7 nitrogen and oxygen atoms in total. The molecule has 1 amide bonds. The maximum absolute atomic E-state index is 12.7. The van der Waals surface area contributed by atoms with Gasteiger partial charge in [-0.1, -0.05) is 30.3 Å². The van der Waals surface area contributed by atoms with Gasteiger partial charge >= 0.3 is 0 Å². The molecule has 2 aromatic carbocycles. The average Bonchev–Trinajstić information content (AvgIpc) is 2.74. The highest BCUT2D eigenvalue weighted by atomic mass is 16.5. The first-order chi connectivity index (χ1) is 13.6. The number of carbonyl (C=O) groups is 1. The van der Waals surface area contributed by atoms with Crippen LogP contribution in [0.1, 0.15) is 16.1 Å². The van der Waals surface area contributed by atoms with Crippen molar-refractivity contribution in [1.82, 2.24) is 14.9 Å². The van der Waals surface area contributed by atoms with Crippen molar-refractivity contribution >= 4 is 17.5 Å². The molecule has 0 bridgehead atoms. The van der Waals surface area contributed by atoms with Crippen molar-refractivity contribution in [3.8, 4) is 11.5 Å². The van der Waals surface area contributed by atoms with Gasteiger partial charge in [0.25, 0.3) is 5.91 Å². The van der Waals surface area contributed by atoms with Crippen molar-refractivity contribution in [3.63, 3.8) is 0 Å². The molecule has 144 valence electrons. The summed E-state index contributed by atoms with van der Waals surface area (Å²) in [5, 5.41) is 3.09. The molecule has 1 aromatic heterocycles. The fraction of sp³-hybridized carbons (Fsp3) is 0.190. The summed E-state index contributed by atoms with van der Waals surface area (Å²) >= 11 is 0. The van der Waals surface area contributed by atoms with Gasteiger partial charge in [0.2, 0.25) is 5.95 Å². The third-order valence-corrected chi connectivity index (χ3v) is 4.12. The summed E-state index contributed by atoms with van der Waals surface area (Å²) in [5.74, 6) is 1.36. The largest absolute Gasteiger partial charge is 0.493 e. The number of hydrogen-bond donors (Lipinski definition) is 1. The number of benzene rings is 2. The molecule has 0 atom stereocenters.